The fourth-order valence-electron chi connectivity index (χ4n) is 3.90. The van der Waals surface area contributed by atoms with E-state index in [2.05, 4.69) is 83.4 Å². The van der Waals surface area contributed by atoms with E-state index < -0.39 is 0 Å². The van der Waals surface area contributed by atoms with Gasteiger partial charge < -0.3 is 0 Å². The van der Waals surface area contributed by atoms with Gasteiger partial charge in [0, 0.05) is 28.7 Å². The van der Waals surface area contributed by atoms with Gasteiger partial charge in [0.15, 0.2) is 0 Å². The molecular weight excluding hydrogens is 336 g/mol. The molecule has 0 amide bonds. The minimum atomic E-state index is -0.357. The van der Waals surface area contributed by atoms with Gasteiger partial charge in [-0.15, -0.1) is 11.3 Å². The van der Waals surface area contributed by atoms with Gasteiger partial charge in [0.25, 0.3) is 0 Å². The fourth-order valence-corrected chi connectivity index (χ4v) is 5.29. The topological polar surface area (TPSA) is 24.1 Å². The summed E-state index contributed by atoms with van der Waals surface area (Å²) in [7, 11) is 0. The van der Waals surface area contributed by atoms with E-state index in [9.17, 15) is 0 Å². The smallest absolute Gasteiger partial charge is 0.131 e. The molecule has 3 heteroatoms. The largest absolute Gasteiger partial charge is 0.290 e. The Morgan fingerprint density at radius 3 is 2.27 bits per heavy atom. The van der Waals surface area contributed by atoms with Gasteiger partial charge in [0.1, 0.15) is 5.66 Å². The SMILES string of the molecule is [c]1ccc(C2(c3sc4ccccc4c3-c3ccccc3)NCCN2)cc1. The molecule has 2 nitrogen and oxygen atoms in total. The van der Waals surface area contributed by atoms with Gasteiger partial charge in [-0.25, -0.2) is 0 Å². The summed E-state index contributed by atoms with van der Waals surface area (Å²) in [4.78, 5) is 1.33. The van der Waals surface area contributed by atoms with E-state index in [0.29, 0.717) is 0 Å². The molecule has 4 aromatic rings. The molecule has 0 unspecified atom stereocenters. The van der Waals surface area contributed by atoms with Crippen molar-refractivity contribution in [2.24, 2.45) is 0 Å². The van der Waals surface area contributed by atoms with Gasteiger partial charge in [-0.05, 0) is 23.3 Å². The van der Waals surface area contributed by atoms with Crippen LogP contribution >= 0.6 is 11.3 Å². The molecule has 1 radical (unpaired) electrons. The maximum atomic E-state index is 3.76. The first-order valence-corrected chi connectivity index (χ1v) is 9.74. The average Bonchev–Trinajstić information content (AvgIpc) is 3.35. The second-order valence-corrected chi connectivity index (χ2v) is 7.61. The zero-order valence-corrected chi connectivity index (χ0v) is 15.1. The molecule has 127 valence electrons. The van der Waals surface area contributed by atoms with Crippen LogP contribution in [0, 0.1) is 6.07 Å². The van der Waals surface area contributed by atoms with E-state index in [-0.39, 0.29) is 5.66 Å². The maximum Gasteiger partial charge on any atom is 0.131 e. The van der Waals surface area contributed by atoms with Crippen molar-refractivity contribution in [1.82, 2.24) is 10.6 Å². The molecule has 0 aliphatic carbocycles. The molecule has 1 aromatic heterocycles. The summed E-state index contributed by atoms with van der Waals surface area (Å²) in [6.45, 7) is 1.89. The minimum Gasteiger partial charge on any atom is -0.290 e. The molecule has 1 aliphatic rings. The normalized spacial score (nSPS) is 16.2. The molecule has 0 saturated carbocycles. The van der Waals surface area contributed by atoms with Crippen molar-refractivity contribution in [3.8, 4) is 11.1 Å². The molecule has 2 N–H and O–H groups in total. The predicted octanol–water partition coefficient (Wildman–Crippen LogP) is 4.76. The lowest BCUT2D eigenvalue weighted by molar-refractivity contribution is 0.434. The average molecular weight is 355 g/mol. The Morgan fingerprint density at radius 1 is 0.808 bits per heavy atom. The van der Waals surface area contributed by atoms with Crippen LogP contribution in [0.3, 0.4) is 0 Å². The van der Waals surface area contributed by atoms with Crippen molar-refractivity contribution in [2.75, 3.05) is 13.1 Å². The molecular formula is C23H19N2S. The second kappa shape index (κ2) is 6.36. The number of benzene rings is 3. The van der Waals surface area contributed by atoms with Crippen LogP contribution < -0.4 is 10.6 Å². The molecule has 1 aliphatic heterocycles. The second-order valence-electron chi connectivity index (χ2n) is 6.56. The number of rotatable bonds is 3. The highest BCUT2D eigenvalue weighted by Crippen LogP contribution is 2.45. The van der Waals surface area contributed by atoms with E-state index in [1.165, 1.54) is 31.7 Å². The Labute approximate surface area is 157 Å². The van der Waals surface area contributed by atoms with Crippen LogP contribution in [0.5, 0.6) is 0 Å². The zero-order valence-electron chi connectivity index (χ0n) is 14.3. The molecule has 1 fully saturated rings. The van der Waals surface area contributed by atoms with Crippen LogP contribution in [-0.2, 0) is 5.66 Å². The summed E-state index contributed by atoms with van der Waals surface area (Å²) in [6, 6.07) is 30.9. The van der Waals surface area contributed by atoms with Crippen molar-refractivity contribution in [1.29, 1.82) is 0 Å². The number of fused-ring (bicyclic) bond motifs is 1. The Kier molecular flexibility index (Phi) is 3.86. The standard InChI is InChI=1S/C23H19N2S/c1-3-9-17(10-4-1)21-19-13-7-8-14-20(19)26-22(21)23(24-15-16-25-23)18-11-5-2-6-12-18/h1,3-14,24-25H,15-16H2. The lowest BCUT2D eigenvalue weighted by atomic mass is 9.91. The molecule has 1 saturated heterocycles. The van der Waals surface area contributed by atoms with Crippen molar-refractivity contribution >= 4 is 21.4 Å². The third-order valence-corrected chi connectivity index (χ3v) is 6.35. The summed E-state index contributed by atoms with van der Waals surface area (Å²) in [6.07, 6.45) is 0. The molecule has 26 heavy (non-hydrogen) atoms. The summed E-state index contributed by atoms with van der Waals surface area (Å²) in [5, 5.41) is 8.83. The molecule has 0 spiro atoms. The molecule has 2 heterocycles. The summed E-state index contributed by atoms with van der Waals surface area (Å²) >= 11 is 1.87. The summed E-state index contributed by atoms with van der Waals surface area (Å²) in [5.74, 6) is 0. The highest BCUT2D eigenvalue weighted by atomic mass is 32.1. The van der Waals surface area contributed by atoms with Gasteiger partial charge >= 0.3 is 0 Å². The highest BCUT2D eigenvalue weighted by Gasteiger charge is 2.40. The van der Waals surface area contributed by atoms with Gasteiger partial charge in [0.05, 0.1) is 4.88 Å². The van der Waals surface area contributed by atoms with Crippen LogP contribution in [-0.4, -0.2) is 13.1 Å². The third kappa shape index (κ3) is 2.40. The Morgan fingerprint density at radius 2 is 1.50 bits per heavy atom. The van der Waals surface area contributed by atoms with Crippen LogP contribution in [0.4, 0.5) is 0 Å². The van der Waals surface area contributed by atoms with Gasteiger partial charge in [-0.3, -0.25) is 10.6 Å². The van der Waals surface area contributed by atoms with Crippen LogP contribution in [0.1, 0.15) is 10.4 Å². The van der Waals surface area contributed by atoms with Crippen LogP contribution in [0.2, 0.25) is 0 Å². The first kappa shape index (κ1) is 15.8. The maximum absolute atomic E-state index is 3.76. The number of hydrogen-bond donors (Lipinski definition) is 2. The summed E-state index contributed by atoms with van der Waals surface area (Å²) in [5.41, 5.74) is 3.46. The first-order chi connectivity index (χ1) is 12.9. The van der Waals surface area contributed by atoms with Gasteiger partial charge in [-0.1, -0.05) is 72.8 Å². The Balaban J connectivity index is 1.84. The zero-order chi connectivity index (χ0) is 17.4. The lowest BCUT2D eigenvalue weighted by Crippen LogP contribution is -2.46. The Bertz CT molecular complexity index is 1030. The molecule has 0 atom stereocenters. The molecule has 0 bridgehead atoms. The van der Waals surface area contributed by atoms with Crippen molar-refractivity contribution < 1.29 is 0 Å². The highest BCUT2D eigenvalue weighted by molar-refractivity contribution is 7.19. The molecule has 3 aromatic carbocycles. The number of hydrogen-bond acceptors (Lipinski definition) is 3. The van der Waals surface area contributed by atoms with E-state index >= 15 is 0 Å². The minimum absolute atomic E-state index is 0.357. The number of nitrogens with one attached hydrogen (secondary N) is 2. The van der Waals surface area contributed by atoms with E-state index in [1.54, 1.807) is 0 Å². The van der Waals surface area contributed by atoms with Crippen LogP contribution in [0.15, 0.2) is 78.9 Å². The Hall–Kier alpha value is -2.46. The van der Waals surface area contributed by atoms with Crippen LogP contribution in [0.25, 0.3) is 21.2 Å². The van der Waals surface area contributed by atoms with E-state index in [4.69, 9.17) is 0 Å². The monoisotopic (exact) mass is 355 g/mol. The van der Waals surface area contributed by atoms with Gasteiger partial charge in [0.2, 0.25) is 0 Å². The van der Waals surface area contributed by atoms with Crippen molar-refractivity contribution in [3.63, 3.8) is 0 Å². The predicted molar refractivity (Wildman–Crippen MR) is 109 cm³/mol. The fraction of sp³-hybridized carbons (Fsp3) is 0.130. The quantitative estimate of drug-likeness (QED) is 0.553. The first-order valence-electron chi connectivity index (χ1n) is 8.92. The van der Waals surface area contributed by atoms with E-state index in [1.807, 2.05) is 23.5 Å². The molecule has 5 rings (SSSR count). The van der Waals surface area contributed by atoms with Crippen molar-refractivity contribution in [2.45, 2.75) is 5.66 Å². The van der Waals surface area contributed by atoms with E-state index in [0.717, 1.165) is 13.1 Å². The lowest BCUT2D eigenvalue weighted by Gasteiger charge is -2.31. The van der Waals surface area contributed by atoms with Crippen molar-refractivity contribution in [3.05, 3.63) is 95.4 Å². The third-order valence-electron chi connectivity index (χ3n) is 5.06. The van der Waals surface area contributed by atoms with Gasteiger partial charge in [-0.2, -0.15) is 0 Å². The number of thiophene rings is 1. The summed E-state index contributed by atoms with van der Waals surface area (Å²) < 4.78 is 1.32.